The summed E-state index contributed by atoms with van der Waals surface area (Å²) >= 11 is 1.52. The van der Waals surface area contributed by atoms with E-state index in [9.17, 15) is 4.79 Å². The molecule has 1 heterocycles. The molecule has 0 saturated heterocycles. The first-order valence-electron chi connectivity index (χ1n) is 11.5. The summed E-state index contributed by atoms with van der Waals surface area (Å²) in [6.45, 7) is 5.44. The minimum Gasteiger partial charge on any atom is -0.496 e. The van der Waals surface area contributed by atoms with Gasteiger partial charge in [-0.1, -0.05) is 72.4 Å². The SMILES string of the molecule is C=CCn1c(CNc2cccc3ccccc23)nnc1SCCC(=O)NCc1ccccc1OC. The molecule has 4 rings (SSSR count). The normalized spacial score (nSPS) is 10.8. The predicted molar refractivity (Wildman–Crippen MR) is 142 cm³/mol. The van der Waals surface area contributed by atoms with E-state index in [0.717, 1.165) is 28.0 Å². The van der Waals surface area contributed by atoms with Crippen LogP contribution in [-0.2, 0) is 24.4 Å². The molecule has 0 fully saturated rings. The summed E-state index contributed by atoms with van der Waals surface area (Å²) in [4.78, 5) is 12.4. The maximum atomic E-state index is 12.4. The van der Waals surface area contributed by atoms with Crippen molar-refractivity contribution in [2.24, 2.45) is 0 Å². The average molecular weight is 488 g/mol. The number of hydrogen-bond donors (Lipinski definition) is 2. The van der Waals surface area contributed by atoms with Gasteiger partial charge >= 0.3 is 0 Å². The molecule has 35 heavy (non-hydrogen) atoms. The molecule has 7 nitrogen and oxygen atoms in total. The Hall–Kier alpha value is -3.78. The summed E-state index contributed by atoms with van der Waals surface area (Å²) in [5, 5.41) is 18.3. The van der Waals surface area contributed by atoms with Crippen molar-refractivity contribution >= 4 is 34.1 Å². The molecular formula is C27H29N5O2S. The second kappa shape index (κ2) is 12.1. The molecule has 0 atom stereocenters. The molecule has 0 radical (unpaired) electrons. The van der Waals surface area contributed by atoms with Gasteiger partial charge in [0.15, 0.2) is 11.0 Å². The Labute approximate surface area is 209 Å². The standard InChI is InChI=1S/C27H29N5O2S/c1-3-16-32-25(19-28-23-13-8-11-20-9-4-6-12-22(20)23)30-31-27(32)35-17-15-26(33)29-18-21-10-5-7-14-24(21)34-2/h3-14,28H,1,15-19H2,2H3,(H,29,33). The number of methoxy groups -OCH3 is 1. The fourth-order valence-corrected chi connectivity index (χ4v) is 4.69. The molecular weight excluding hydrogens is 458 g/mol. The Morgan fingerprint density at radius 2 is 1.86 bits per heavy atom. The third-order valence-electron chi connectivity index (χ3n) is 5.56. The fourth-order valence-electron chi connectivity index (χ4n) is 3.79. The molecule has 1 aromatic heterocycles. The summed E-state index contributed by atoms with van der Waals surface area (Å²) in [7, 11) is 1.63. The van der Waals surface area contributed by atoms with E-state index in [0.29, 0.717) is 31.8 Å². The highest BCUT2D eigenvalue weighted by Crippen LogP contribution is 2.24. The first-order valence-corrected chi connectivity index (χ1v) is 12.4. The summed E-state index contributed by atoms with van der Waals surface area (Å²) in [5.74, 6) is 2.17. The van der Waals surface area contributed by atoms with Crippen molar-refractivity contribution in [2.45, 2.75) is 31.2 Å². The summed E-state index contributed by atoms with van der Waals surface area (Å²) in [6.07, 6.45) is 2.21. The van der Waals surface area contributed by atoms with E-state index in [-0.39, 0.29) is 5.91 Å². The Kier molecular flexibility index (Phi) is 8.40. The number of thioether (sulfide) groups is 1. The zero-order valence-electron chi connectivity index (χ0n) is 19.7. The Bertz CT molecular complexity index is 1300. The van der Waals surface area contributed by atoms with Crippen LogP contribution in [0.4, 0.5) is 5.69 Å². The van der Waals surface area contributed by atoms with Crippen LogP contribution < -0.4 is 15.4 Å². The smallest absolute Gasteiger partial charge is 0.221 e. The largest absolute Gasteiger partial charge is 0.496 e. The number of ether oxygens (including phenoxy) is 1. The highest BCUT2D eigenvalue weighted by Gasteiger charge is 2.13. The monoisotopic (exact) mass is 487 g/mol. The predicted octanol–water partition coefficient (Wildman–Crippen LogP) is 5.04. The van der Waals surface area contributed by atoms with Crippen LogP contribution in [0.1, 0.15) is 17.8 Å². The maximum absolute atomic E-state index is 12.4. The van der Waals surface area contributed by atoms with E-state index in [2.05, 4.69) is 51.7 Å². The number of anilines is 1. The average Bonchev–Trinajstić information content (AvgIpc) is 3.27. The van der Waals surface area contributed by atoms with Gasteiger partial charge in [0.1, 0.15) is 5.75 Å². The zero-order valence-corrected chi connectivity index (χ0v) is 20.6. The van der Waals surface area contributed by atoms with Crippen molar-refractivity contribution in [1.82, 2.24) is 20.1 Å². The molecule has 0 saturated carbocycles. The molecule has 180 valence electrons. The molecule has 8 heteroatoms. The summed E-state index contributed by atoms with van der Waals surface area (Å²) in [6, 6.07) is 22.1. The number of nitrogens with zero attached hydrogens (tertiary/aromatic N) is 3. The van der Waals surface area contributed by atoms with E-state index >= 15 is 0 Å². The third kappa shape index (κ3) is 6.22. The minimum absolute atomic E-state index is 0.0176. The molecule has 0 aliphatic rings. The van der Waals surface area contributed by atoms with Crippen molar-refractivity contribution in [1.29, 1.82) is 0 Å². The molecule has 1 amide bonds. The Balaban J connectivity index is 1.32. The molecule has 0 bridgehead atoms. The van der Waals surface area contributed by atoms with Crippen LogP contribution in [0.3, 0.4) is 0 Å². The van der Waals surface area contributed by atoms with Crippen molar-refractivity contribution in [3.8, 4) is 5.75 Å². The van der Waals surface area contributed by atoms with Gasteiger partial charge in [0.25, 0.3) is 0 Å². The van der Waals surface area contributed by atoms with Crippen LogP contribution in [0.15, 0.2) is 84.5 Å². The number of amides is 1. The van der Waals surface area contributed by atoms with Gasteiger partial charge in [-0.05, 0) is 17.5 Å². The quantitative estimate of drug-likeness (QED) is 0.215. The molecule has 0 aliphatic carbocycles. The Morgan fingerprint density at radius 3 is 2.71 bits per heavy atom. The lowest BCUT2D eigenvalue weighted by Gasteiger charge is -2.11. The molecule has 4 aromatic rings. The second-order valence-corrected chi connectivity index (χ2v) is 8.93. The first-order chi connectivity index (χ1) is 17.2. The number of carbonyl (C=O) groups excluding carboxylic acids is 1. The van der Waals surface area contributed by atoms with E-state index in [1.54, 1.807) is 7.11 Å². The van der Waals surface area contributed by atoms with Crippen LogP contribution in [-0.4, -0.2) is 33.5 Å². The summed E-state index contributed by atoms with van der Waals surface area (Å²) in [5.41, 5.74) is 2.00. The number of allylic oxidation sites excluding steroid dienone is 1. The number of aromatic nitrogens is 3. The fraction of sp³-hybridized carbons (Fsp3) is 0.222. The number of carbonyl (C=O) groups is 1. The van der Waals surface area contributed by atoms with E-state index in [4.69, 9.17) is 4.74 Å². The number of nitrogens with one attached hydrogen (secondary N) is 2. The van der Waals surface area contributed by atoms with Gasteiger partial charge in [-0.15, -0.1) is 16.8 Å². The van der Waals surface area contributed by atoms with Crippen LogP contribution in [0.25, 0.3) is 10.8 Å². The van der Waals surface area contributed by atoms with Gasteiger partial charge in [0, 0.05) is 41.9 Å². The number of benzene rings is 3. The van der Waals surface area contributed by atoms with Crippen LogP contribution in [0.2, 0.25) is 0 Å². The first kappa shape index (κ1) is 24.3. The summed E-state index contributed by atoms with van der Waals surface area (Å²) < 4.78 is 7.37. The van der Waals surface area contributed by atoms with Crippen molar-refractivity contribution < 1.29 is 9.53 Å². The third-order valence-corrected chi connectivity index (χ3v) is 6.53. The lowest BCUT2D eigenvalue weighted by molar-refractivity contribution is -0.120. The van der Waals surface area contributed by atoms with Crippen molar-refractivity contribution in [3.63, 3.8) is 0 Å². The number of hydrogen-bond acceptors (Lipinski definition) is 6. The van der Waals surface area contributed by atoms with Crippen LogP contribution in [0, 0.1) is 0 Å². The van der Waals surface area contributed by atoms with Gasteiger partial charge in [-0.2, -0.15) is 0 Å². The van der Waals surface area contributed by atoms with Crippen molar-refractivity contribution in [3.05, 3.63) is 90.8 Å². The second-order valence-electron chi connectivity index (χ2n) is 7.87. The van der Waals surface area contributed by atoms with E-state index < -0.39 is 0 Å². The van der Waals surface area contributed by atoms with Crippen LogP contribution in [0.5, 0.6) is 5.75 Å². The molecule has 0 spiro atoms. The topological polar surface area (TPSA) is 81.1 Å². The van der Waals surface area contributed by atoms with E-state index in [1.807, 2.05) is 53.1 Å². The van der Waals surface area contributed by atoms with Gasteiger partial charge in [0.05, 0.1) is 13.7 Å². The minimum atomic E-state index is -0.0176. The number of fused-ring (bicyclic) bond motifs is 1. The lowest BCUT2D eigenvalue weighted by atomic mass is 10.1. The lowest BCUT2D eigenvalue weighted by Crippen LogP contribution is -2.23. The molecule has 2 N–H and O–H groups in total. The molecule has 0 aliphatic heterocycles. The van der Waals surface area contributed by atoms with Crippen LogP contribution >= 0.6 is 11.8 Å². The maximum Gasteiger partial charge on any atom is 0.221 e. The molecule has 0 unspecified atom stereocenters. The zero-order chi connectivity index (χ0) is 24.5. The van der Waals surface area contributed by atoms with Gasteiger partial charge < -0.3 is 19.9 Å². The van der Waals surface area contributed by atoms with Gasteiger partial charge in [-0.25, -0.2) is 0 Å². The molecule has 3 aromatic carbocycles. The van der Waals surface area contributed by atoms with E-state index in [1.165, 1.54) is 22.5 Å². The number of rotatable bonds is 12. The Morgan fingerprint density at radius 1 is 1.06 bits per heavy atom. The highest BCUT2D eigenvalue weighted by molar-refractivity contribution is 7.99. The highest BCUT2D eigenvalue weighted by atomic mass is 32.2. The van der Waals surface area contributed by atoms with Crippen molar-refractivity contribution in [2.75, 3.05) is 18.2 Å². The number of para-hydroxylation sites is 1. The van der Waals surface area contributed by atoms with Gasteiger partial charge in [-0.3, -0.25) is 4.79 Å². The van der Waals surface area contributed by atoms with Gasteiger partial charge in [0.2, 0.25) is 5.91 Å².